The first kappa shape index (κ1) is 15.5. The van der Waals surface area contributed by atoms with Crippen LogP contribution in [0.25, 0.3) is 0 Å². The minimum Gasteiger partial charge on any atom is -0.340 e. The minimum absolute atomic E-state index is 0.0343. The number of sulfonamides is 1. The van der Waals surface area contributed by atoms with Crippen molar-refractivity contribution >= 4 is 15.9 Å². The average Bonchev–Trinajstić information content (AvgIpc) is 2.48. The number of rotatable bonds is 3. The van der Waals surface area contributed by atoms with Gasteiger partial charge in [-0.15, -0.1) is 0 Å². The number of amides is 1. The Kier molecular flexibility index (Phi) is 4.60. The van der Waals surface area contributed by atoms with Crippen molar-refractivity contribution in [3.05, 3.63) is 29.8 Å². The van der Waals surface area contributed by atoms with Crippen molar-refractivity contribution in [1.82, 2.24) is 9.21 Å². The standard InChI is InChI=1S/C14H17N3O3S/c1-12(18)16-8-10-17(11-9-16)21(19,20)14-4-2-13(3-5-14)6-7-15/h2-5H,6,8-11H2,1H3. The van der Waals surface area contributed by atoms with E-state index in [2.05, 4.69) is 0 Å². The maximum absolute atomic E-state index is 12.5. The van der Waals surface area contributed by atoms with Gasteiger partial charge >= 0.3 is 0 Å². The van der Waals surface area contributed by atoms with Gasteiger partial charge in [-0.05, 0) is 17.7 Å². The number of hydrogen-bond acceptors (Lipinski definition) is 4. The lowest BCUT2D eigenvalue weighted by Crippen LogP contribution is -2.49. The van der Waals surface area contributed by atoms with Gasteiger partial charge in [0.1, 0.15) is 0 Å². The summed E-state index contributed by atoms with van der Waals surface area (Å²) in [5.74, 6) is -0.0343. The summed E-state index contributed by atoms with van der Waals surface area (Å²) in [6.45, 7) is 2.93. The van der Waals surface area contributed by atoms with Crippen LogP contribution in [-0.2, 0) is 21.2 Å². The fraction of sp³-hybridized carbons (Fsp3) is 0.429. The van der Waals surface area contributed by atoms with Crippen molar-refractivity contribution in [2.45, 2.75) is 18.2 Å². The van der Waals surface area contributed by atoms with E-state index >= 15 is 0 Å². The first-order chi connectivity index (χ1) is 9.95. The van der Waals surface area contributed by atoms with Gasteiger partial charge in [0, 0.05) is 33.1 Å². The topological polar surface area (TPSA) is 81.5 Å². The van der Waals surface area contributed by atoms with Crippen LogP contribution < -0.4 is 0 Å². The SMILES string of the molecule is CC(=O)N1CCN(S(=O)(=O)c2ccc(CC#N)cc2)CC1. The quantitative estimate of drug-likeness (QED) is 0.819. The van der Waals surface area contributed by atoms with E-state index in [-0.39, 0.29) is 17.2 Å². The van der Waals surface area contributed by atoms with Crippen molar-refractivity contribution in [2.75, 3.05) is 26.2 Å². The Hall–Kier alpha value is -1.91. The first-order valence-corrected chi connectivity index (χ1v) is 8.10. The molecule has 1 aliphatic rings. The Morgan fingerprint density at radius 3 is 2.24 bits per heavy atom. The van der Waals surface area contributed by atoms with Crippen LogP contribution in [0.5, 0.6) is 0 Å². The summed E-state index contributed by atoms with van der Waals surface area (Å²) < 4.78 is 26.4. The highest BCUT2D eigenvalue weighted by atomic mass is 32.2. The third-order valence-electron chi connectivity index (χ3n) is 3.53. The lowest BCUT2D eigenvalue weighted by Gasteiger charge is -2.33. The molecule has 1 aromatic rings. The molecule has 0 spiro atoms. The van der Waals surface area contributed by atoms with Crippen molar-refractivity contribution in [1.29, 1.82) is 5.26 Å². The second-order valence-corrected chi connectivity index (χ2v) is 6.83. The van der Waals surface area contributed by atoms with E-state index in [4.69, 9.17) is 5.26 Å². The van der Waals surface area contributed by atoms with Gasteiger partial charge in [-0.2, -0.15) is 9.57 Å². The van der Waals surface area contributed by atoms with E-state index in [1.165, 1.54) is 23.4 Å². The highest BCUT2D eigenvalue weighted by molar-refractivity contribution is 7.89. The summed E-state index contributed by atoms with van der Waals surface area (Å²) in [7, 11) is -3.53. The number of nitrogens with zero attached hydrogens (tertiary/aromatic N) is 3. The molecule has 0 saturated carbocycles. The smallest absolute Gasteiger partial charge is 0.243 e. The lowest BCUT2D eigenvalue weighted by molar-refractivity contribution is -0.129. The van der Waals surface area contributed by atoms with Gasteiger partial charge in [-0.1, -0.05) is 12.1 Å². The molecule has 21 heavy (non-hydrogen) atoms. The molecule has 0 unspecified atom stereocenters. The van der Waals surface area contributed by atoms with Crippen molar-refractivity contribution < 1.29 is 13.2 Å². The van der Waals surface area contributed by atoms with Gasteiger partial charge in [0.15, 0.2) is 0 Å². The molecule has 0 bridgehead atoms. The molecule has 0 N–H and O–H groups in total. The van der Waals surface area contributed by atoms with E-state index in [1.807, 2.05) is 6.07 Å². The first-order valence-electron chi connectivity index (χ1n) is 6.66. The highest BCUT2D eigenvalue weighted by Crippen LogP contribution is 2.18. The van der Waals surface area contributed by atoms with E-state index in [0.29, 0.717) is 26.2 Å². The van der Waals surface area contributed by atoms with E-state index < -0.39 is 10.0 Å². The maximum atomic E-state index is 12.5. The van der Waals surface area contributed by atoms with E-state index in [9.17, 15) is 13.2 Å². The molecule has 1 aliphatic heterocycles. The third kappa shape index (κ3) is 3.40. The van der Waals surface area contributed by atoms with Crippen LogP contribution in [0.3, 0.4) is 0 Å². The van der Waals surface area contributed by atoms with Crippen LogP contribution in [0.1, 0.15) is 12.5 Å². The number of benzene rings is 1. The largest absolute Gasteiger partial charge is 0.340 e. The summed E-state index contributed by atoms with van der Waals surface area (Å²) in [6.07, 6.45) is 0.262. The average molecular weight is 307 g/mol. The molecule has 0 radical (unpaired) electrons. The summed E-state index contributed by atoms with van der Waals surface area (Å²) in [4.78, 5) is 13.1. The van der Waals surface area contributed by atoms with Gasteiger partial charge in [0.2, 0.25) is 15.9 Å². The van der Waals surface area contributed by atoms with Crippen molar-refractivity contribution in [2.24, 2.45) is 0 Å². The molecule has 0 aliphatic carbocycles. The molecule has 112 valence electrons. The van der Waals surface area contributed by atoms with Gasteiger partial charge in [-0.25, -0.2) is 8.42 Å². The van der Waals surface area contributed by atoms with Crippen LogP contribution >= 0.6 is 0 Å². The van der Waals surface area contributed by atoms with Crippen LogP contribution in [0.15, 0.2) is 29.2 Å². The molecule has 1 aromatic carbocycles. The number of carbonyl (C=O) groups excluding carboxylic acids is 1. The molecule has 7 heteroatoms. The Morgan fingerprint density at radius 1 is 1.19 bits per heavy atom. The zero-order valence-electron chi connectivity index (χ0n) is 11.8. The molecule has 1 heterocycles. The van der Waals surface area contributed by atoms with Crippen LogP contribution in [-0.4, -0.2) is 49.7 Å². The molecule has 1 saturated heterocycles. The Morgan fingerprint density at radius 2 is 1.76 bits per heavy atom. The van der Waals surface area contributed by atoms with Crippen molar-refractivity contribution in [3.63, 3.8) is 0 Å². The second-order valence-electron chi connectivity index (χ2n) is 4.89. The lowest BCUT2D eigenvalue weighted by atomic mass is 10.2. The summed E-state index contributed by atoms with van der Waals surface area (Å²) in [5.41, 5.74) is 0.790. The van der Waals surface area contributed by atoms with E-state index in [0.717, 1.165) is 5.56 Å². The molecular formula is C14H17N3O3S. The number of piperazine rings is 1. The normalized spacial score (nSPS) is 16.5. The van der Waals surface area contributed by atoms with Crippen LogP contribution in [0, 0.1) is 11.3 Å². The summed E-state index contributed by atoms with van der Waals surface area (Å²) in [6, 6.07) is 8.39. The zero-order valence-corrected chi connectivity index (χ0v) is 12.6. The monoisotopic (exact) mass is 307 g/mol. The summed E-state index contributed by atoms with van der Waals surface area (Å²) in [5, 5.41) is 8.61. The van der Waals surface area contributed by atoms with Gasteiger partial charge < -0.3 is 4.90 Å². The molecular weight excluding hydrogens is 290 g/mol. The molecule has 6 nitrogen and oxygen atoms in total. The molecule has 0 aromatic heterocycles. The molecule has 1 fully saturated rings. The zero-order chi connectivity index (χ0) is 15.5. The Bertz CT molecular complexity index is 654. The molecule has 2 rings (SSSR count). The van der Waals surface area contributed by atoms with Crippen LogP contribution in [0.4, 0.5) is 0 Å². The number of carbonyl (C=O) groups is 1. The Balaban J connectivity index is 2.12. The van der Waals surface area contributed by atoms with E-state index in [1.54, 1.807) is 17.0 Å². The Labute approximate surface area is 124 Å². The van der Waals surface area contributed by atoms with Crippen LogP contribution in [0.2, 0.25) is 0 Å². The van der Waals surface area contributed by atoms with Crippen molar-refractivity contribution in [3.8, 4) is 6.07 Å². The molecule has 1 amide bonds. The minimum atomic E-state index is -3.53. The third-order valence-corrected chi connectivity index (χ3v) is 5.44. The summed E-state index contributed by atoms with van der Waals surface area (Å²) >= 11 is 0. The number of hydrogen-bond donors (Lipinski definition) is 0. The predicted octanol–water partition coefficient (Wildman–Crippen LogP) is 0.605. The fourth-order valence-corrected chi connectivity index (χ4v) is 3.69. The van der Waals surface area contributed by atoms with Gasteiger partial charge in [0.05, 0.1) is 17.4 Å². The highest BCUT2D eigenvalue weighted by Gasteiger charge is 2.29. The fourth-order valence-electron chi connectivity index (χ4n) is 2.26. The number of nitriles is 1. The maximum Gasteiger partial charge on any atom is 0.243 e. The van der Waals surface area contributed by atoms with Gasteiger partial charge in [-0.3, -0.25) is 4.79 Å². The molecule has 0 atom stereocenters. The second kappa shape index (κ2) is 6.24. The van der Waals surface area contributed by atoms with Gasteiger partial charge in [0.25, 0.3) is 0 Å². The predicted molar refractivity (Wildman–Crippen MR) is 76.8 cm³/mol.